The normalized spacial score (nSPS) is 27.0. The van der Waals surface area contributed by atoms with Gasteiger partial charge >= 0.3 is 0 Å². The van der Waals surface area contributed by atoms with E-state index in [1.807, 2.05) is 0 Å². The summed E-state index contributed by atoms with van der Waals surface area (Å²) in [5.74, 6) is 3.07. The Balaban J connectivity index is 1.93. The number of unbranched alkanes of at least 4 members (excludes halogenated alkanes) is 2. The van der Waals surface area contributed by atoms with Crippen molar-refractivity contribution >= 4 is 0 Å². The summed E-state index contributed by atoms with van der Waals surface area (Å²) in [4.78, 5) is 0. The molecule has 0 aromatic heterocycles. The molecule has 0 aromatic rings. The van der Waals surface area contributed by atoms with Gasteiger partial charge in [0.2, 0.25) is 0 Å². The van der Waals surface area contributed by atoms with E-state index >= 15 is 0 Å². The molecule has 0 amide bonds. The molecule has 1 aliphatic rings. The molecule has 102 valence electrons. The van der Waals surface area contributed by atoms with Crippen LogP contribution in [0.15, 0.2) is 0 Å². The van der Waals surface area contributed by atoms with Crippen LogP contribution in [0, 0.1) is 17.8 Å². The van der Waals surface area contributed by atoms with Gasteiger partial charge in [-0.3, -0.25) is 0 Å². The Hall–Kier alpha value is 0. The van der Waals surface area contributed by atoms with Crippen LogP contribution in [0.2, 0.25) is 0 Å². The van der Waals surface area contributed by atoms with E-state index in [4.69, 9.17) is 0 Å². The molecule has 0 aliphatic heterocycles. The van der Waals surface area contributed by atoms with Crippen molar-refractivity contribution in [1.82, 2.24) is 0 Å². The molecule has 0 bridgehead atoms. The van der Waals surface area contributed by atoms with E-state index in [1.165, 1.54) is 70.6 Å². The van der Waals surface area contributed by atoms with Crippen LogP contribution in [0.1, 0.15) is 91.4 Å². The van der Waals surface area contributed by atoms with Gasteiger partial charge in [-0.05, 0) is 17.8 Å². The molecule has 1 fully saturated rings. The van der Waals surface area contributed by atoms with Crippen LogP contribution in [0.3, 0.4) is 0 Å². The zero-order valence-electron chi connectivity index (χ0n) is 12.5. The molecule has 1 aliphatic carbocycles. The Morgan fingerprint density at radius 1 is 0.941 bits per heavy atom. The monoisotopic (exact) mass is 238 g/mol. The van der Waals surface area contributed by atoms with Gasteiger partial charge in [-0.25, -0.2) is 0 Å². The number of hydrogen-bond acceptors (Lipinski definition) is 0. The summed E-state index contributed by atoms with van der Waals surface area (Å²) in [5, 5.41) is 0. The Bertz CT molecular complexity index is 165. The molecule has 0 N–H and O–H groups in total. The van der Waals surface area contributed by atoms with Gasteiger partial charge < -0.3 is 0 Å². The first kappa shape index (κ1) is 15.1. The topological polar surface area (TPSA) is 0 Å². The van der Waals surface area contributed by atoms with Crippen molar-refractivity contribution in [1.29, 1.82) is 0 Å². The molecule has 0 radical (unpaired) electrons. The summed E-state index contributed by atoms with van der Waals surface area (Å²) < 4.78 is 0. The van der Waals surface area contributed by atoms with E-state index in [-0.39, 0.29) is 0 Å². The molecule has 0 heteroatoms. The maximum Gasteiger partial charge on any atom is -0.0414 e. The summed E-state index contributed by atoms with van der Waals surface area (Å²) in [5.41, 5.74) is 0. The zero-order valence-corrected chi connectivity index (χ0v) is 12.5. The minimum atomic E-state index is 0.973. The van der Waals surface area contributed by atoms with Crippen molar-refractivity contribution in [3.63, 3.8) is 0 Å². The van der Waals surface area contributed by atoms with Crippen LogP contribution in [-0.2, 0) is 0 Å². The lowest BCUT2D eigenvalue weighted by atomic mass is 9.80. The van der Waals surface area contributed by atoms with Gasteiger partial charge in [0.25, 0.3) is 0 Å². The summed E-state index contributed by atoms with van der Waals surface area (Å²) >= 11 is 0. The Morgan fingerprint density at radius 2 is 1.59 bits per heavy atom. The summed E-state index contributed by atoms with van der Waals surface area (Å²) in [6.45, 7) is 7.17. The van der Waals surface area contributed by atoms with Gasteiger partial charge in [0.1, 0.15) is 0 Å². The molecule has 1 atom stereocenters. The molecule has 17 heavy (non-hydrogen) atoms. The van der Waals surface area contributed by atoms with E-state index < -0.39 is 0 Å². The highest BCUT2D eigenvalue weighted by Gasteiger charge is 2.17. The van der Waals surface area contributed by atoms with Crippen LogP contribution in [-0.4, -0.2) is 0 Å². The highest BCUT2D eigenvalue weighted by molar-refractivity contribution is 4.70. The van der Waals surface area contributed by atoms with Crippen molar-refractivity contribution in [3.05, 3.63) is 0 Å². The van der Waals surface area contributed by atoms with Gasteiger partial charge in [0.05, 0.1) is 0 Å². The second-order valence-corrected chi connectivity index (χ2v) is 6.66. The van der Waals surface area contributed by atoms with E-state index in [1.54, 1.807) is 0 Å². The molecule has 0 aromatic carbocycles. The largest absolute Gasteiger partial charge is 0.0654 e. The average molecular weight is 238 g/mol. The molecular weight excluding hydrogens is 204 g/mol. The first-order valence-electron chi connectivity index (χ1n) is 8.22. The van der Waals surface area contributed by atoms with Crippen LogP contribution in [0.5, 0.6) is 0 Å². The summed E-state index contributed by atoms with van der Waals surface area (Å²) in [7, 11) is 0. The fraction of sp³-hybridized carbons (Fsp3) is 1.00. The van der Waals surface area contributed by atoms with Crippen molar-refractivity contribution in [3.8, 4) is 0 Å². The van der Waals surface area contributed by atoms with Crippen molar-refractivity contribution in [2.75, 3.05) is 0 Å². The fourth-order valence-corrected chi connectivity index (χ4v) is 3.24. The summed E-state index contributed by atoms with van der Waals surface area (Å²) in [6.07, 6.45) is 16.3. The van der Waals surface area contributed by atoms with Crippen molar-refractivity contribution < 1.29 is 0 Å². The predicted octanol–water partition coefficient (Wildman–Crippen LogP) is 6.20. The Labute approximate surface area is 110 Å². The second kappa shape index (κ2) is 9.00. The zero-order chi connectivity index (χ0) is 12.5. The van der Waals surface area contributed by atoms with Gasteiger partial charge in [-0.2, -0.15) is 0 Å². The lowest BCUT2D eigenvalue weighted by Gasteiger charge is -2.26. The van der Waals surface area contributed by atoms with E-state index in [2.05, 4.69) is 20.8 Å². The molecule has 1 unspecified atom stereocenters. The van der Waals surface area contributed by atoms with E-state index in [9.17, 15) is 0 Å². The van der Waals surface area contributed by atoms with Crippen molar-refractivity contribution in [2.24, 2.45) is 17.8 Å². The molecular formula is C17H34. The predicted molar refractivity (Wildman–Crippen MR) is 78.3 cm³/mol. The molecule has 0 saturated heterocycles. The first-order chi connectivity index (χ1) is 8.22. The van der Waals surface area contributed by atoms with E-state index in [0.29, 0.717) is 0 Å². The number of rotatable bonds is 8. The van der Waals surface area contributed by atoms with Crippen LogP contribution >= 0.6 is 0 Å². The van der Waals surface area contributed by atoms with Gasteiger partial charge in [0, 0.05) is 0 Å². The Kier molecular flexibility index (Phi) is 7.97. The summed E-state index contributed by atoms with van der Waals surface area (Å²) in [6, 6.07) is 0. The average Bonchev–Trinajstić information content (AvgIpc) is 2.34. The standard InChI is InChI=1S/C17H34/c1-4-5-8-15(2)9-6-7-10-17-13-11-16(3)12-14-17/h15-17H,4-14H2,1-3H3. The van der Waals surface area contributed by atoms with Crippen molar-refractivity contribution in [2.45, 2.75) is 91.4 Å². The molecule has 1 rings (SSSR count). The molecule has 0 spiro atoms. The number of hydrogen-bond donors (Lipinski definition) is 0. The Morgan fingerprint density at radius 3 is 2.24 bits per heavy atom. The fourth-order valence-electron chi connectivity index (χ4n) is 3.24. The van der Waals surface area contributed by atoms with Crippen LogP contribution in [0.4, 0.5) is 0 Å². The van der Waals surface area contributed by atoms with Gasteiger partial charge in [0.15, 0.2) is 0 Å². The SMILES string of the molecule is CCCCC(C)CCCCC1CCC(C)CC1. The maximum absolute atomic E-state index is 2.44. The van der Waals surface area contributed by atoms with Gasteiger partial charge in [-0.1, -0.05) is 91.4 Å². The maximum atomic E-state index is 2.44. The quantitative estimate of drug-likeness (QED) is 0.442. The molecule has 0 heterocycles. The van der Waals surface area contributed by atoms with Gasteiger partial charge in [-0.15, -0.1) is 0 Å². The van der Waals surface area contributed by atoms with Crippen LogP contribution < -0.4 is 0 Å². The minimum Gasteiger partial charge on any atom is -0.0654 e. The minimum absolute atomic E-state index is 0.973. The first-order valence-corrected chi connectivity index (χ1v) is 8.22. The third-order valence-corrected chi connectivity index (χ3v) is 4.75. The molecule has 0 nitrogen and oxygen atoms in total. The lowest BCUT2D eigenvalue weighted by Crippen LogP contribution is -2.12. The highest BCUT2D eigenvalue weighted by Crippen LogP contribution is 2.31. The highest BCUT2D eigenvalue weighted by atomic mass is 14.2. The second-order valence-electron chi connectivity index (χ2n) is 6.66. The van der Waals surface area contributed by atoms with E-state index in [0.717, 1.165) is 17.8 Å². The third kappa shape index (κ3) is 7.11. The third-order valence-electron chi connectivity index (χ3n) is 4.75. The van der Waals surface area contributed by atoms with Crippen LogP contribution in [0.25, 0.3) is 0 Å². The lowest BCUT2D eigenvalue weighted by molar-refractivity contribution is 0.269. The molecule has 1 saturated carbocycles. The smallest absolute Gasteiger partial charge is 0.0414 e.